The molecule has 3 aromatic heterocycles. The molecule has 5 heteroatoms. The average molecular weight is 643 g/mol. The minimum absolute atomic E-state index is 0.653. The van der Waals surface area contributed by atoms with Crippen LogP contribution in [0, 0.1) is 0 Å². The van der Waals surface area contributed by atoms with E-state index in [4.69, 9.17) is 19.4 Å². The third-order valence-corrected chi connectivity index (χ3v) is 9.81. The van der Waals surface area contributed by atoms with E-state index in [2.05, 4.69) is 102 Å². The summed E-state index contributed by atoms with van der Waals surface area (Å²) in [6.45, 7) is 0. The molecule has 10 rings (SSSR count). The molecule has 5 nitrogen and oxygen atoms in total. The van der Waals surface area contributed by atoms with Crippen LogP contribution in [-0.4, -0.2) is 19.5 Å². The fourth-order valence-electron chi connectivity index (χ4n) is 7.36. The van der Waals surface area contributed by atoms with Gasteiger partial charge in [-0.1, -0.05) is 121 Å². The normalized spacial score (nSPS) is 12.8. The van der Waals surface area contributed by atoms with E-state index in [0.717, 1.165) is 46.6 Å². The fraction of sp³-hybridized carbons (Fsp3) is 0.0444. The van der Waals surface area contributed by atoms with E-state index in [0.29, 0.717) is 17.5 Å². The summed E-state index contributed by atoms with van der Waals surface area (Å²) in [5, 5.41) is 3.71. The van der Waals surface area contributed by atoms with Gasteiger partial charge in [-0.25, -0.2) is 15.0 Å². The molecule has 0 amide bonds. The fourth-order valence-corrected chi connectivity index (χ4v) is 7.36. The molecule has 1 aliphatic carbocycles. The summed E-state index contributed by atoms with van der Waals surface area (Å²) < 4.78 is 8.85. The van der Waals surface area contributed by atoms with Crippen LogP contribution < -0.4 is 0 Å². The highest BCUT2D eigenvalue weighted by molar-refractivity contribution is 6.09. The number of hydrogen-bond donors (Lipinski definition) is 0. The second-order valence-corrected chi connectivity index (χ2v) is 12.8. The lowest BCUT2D eigenvalue weighted by molar-refractivity contribution is 0.596. The first-order chi connectivity index (χ1) is 24.8. The SMILES string of the molecule is C1=C(c2ccc(-c3nc(-c4ccccc4)nc(-c4ccccc4)n3)cc2)CCc2c1oc1ccc(-n3c4ccccc4c4ccccc43)cc21. The smallest absolute Gasteiger partial charge is 0.164 e. The number of rotatable bonds is 5. The summed E-state index contributed by atoms with van der Waals surface area (Å²) in [5.41, 5.74) is 11.1. The standard InChI is InChI=1S/C45H30N4O/c1-3-11-30(12-4-1)43-46-44(31-13-5-2-6-14-31)48-45(47-43)32-21-19-29(20-22-32)33-23-25-37-38-28-34(24-26-41(38)50-42(37)27-33)49-39-17-9-7-15-35(39)36-16-8-10-18-40(36)49/h1-22,24,26-28H,23,25H2. The molecule has 1 aliphatic rings. The Kier molecular flexibility index (Phi) is 6.56. The van der Waals surface area contributed by atoms with E-state index in [9.17, 15) is 0 Å². The molecule has 0 aliphatic heterocycles. The molecule has 0 spiro atoms. The van der Waals surface area contributed by atoms with Crippen molar-refractivity contribution in [1.82, 2.24) is 19.5 Å². The number of nitrogens with zero attached hydrogens (tertiary/aromatic N) is 4. The Morgan fingerprint density at radius 3 is 1.58 bits per heavy atom. The van der Waals surface area contributed by atoms with Gasteiger partial charge < -0.3 is 8.98 Å². The van der Waals surface area contributed by atoms with Gasteiger partial charge in [0.15, 0.2) is 17.5 Å². The lowest BCUT2D eigenvalue weighted by Crippen LogP contribution is -2.00. The molecule has 0 bridgehead atoms. The lowest BCUT2D eigenvalue weighted by atomic mass is 9.91. The Hall–Kier alpha value is -6.59. The zero-order chi connectivity index (χ0) is 33.0. The number of allylic oxidation sites excluding steroid dienone is 1. The van der Waals surface area contributed by atoms with Gasteiger partial charge in [-0.2, -0.15) is 0 Å². The van der Waals surface area contributed by atoms with Gasteiger partial charge >= 0.3 is 0 Å². The molecular formula is C45H30N4O. The number of aryl methyl sites for hydroxylation is 1. The Bertz CT molecular complexity index is 2630. The molecule has 6 aromatic carbocycles. The Morgan fingerprint density at radius 2 is 0.980 bits per heavy atom. The predicted octanol–water partition coefficient (Wildman–Crippen LogP) is 11.2. The molecule has 0 unspecified atom stereocenters. The van der Waals surface area contributed by atoms with Crippen molar-refractivity contribution in [2.24, 2.45) is 0 Å². The number of furan rings is 1. The van der Waals surface area contributed by atoms with Crippen molar-refractivity contribution in [1.29, 1.82) is 0 Å². The van der Waals surface area contributed by atoms with Gasteiger partial charge in [0.1, 0.15) is 11.3 Å². The lowest BCUT2D eigenvalue weighted by Gasteiger charge is -2.14. The number of hydrogen-bond acceptors (Lipinski definition) is 4. The van der Waals surface area contributed by atoms with E-state index >= 15 is 0 Å². The Morgan fingerprint density at radius 1 is 0.460 bits per heavy atom. The largest absolute Gasteiger partial charge is 0.456 e. The molecule has 9 aromatic rings. The maximum absolute atomic E-state index is 6.48. The minimum atomic E-state index is 0.653. The summed E-state index contributed by atoms with van der Waals surface area (Å²) >= 11 is 0. The first-order valence-electron chi connectivity index (χ1n) is 17.0. The number of aromatic nitrogens is 4. The van der Waals surface area contributed by atoms with E-state index in [1.165, 1.54) is 43.9 Å². The van der Waals surface area contributed by atoms with Crippen molar-refractivity contribution < 1.29 is 4.42 Å². The van der Waals surface area contributed by atoms with Crippen LogP contribution in [0.2, 0.25) is 0 Å². The van der Waals surface area contributed by atoms with Gasteiger partial charge in [0, 0.05) is 44.1 Å². The molecule has 3 heterocycles. The van der Waals surface area contributed by atoms with Crippen molar-refractivity contribution in [3.63, 3.8) is 0 Å². The molecule has 0 N–H and O–H groups in total. The summed E-state index contributed by atoms with van der Waals surface area (Å²) in [6.07, 6.45) is 4.07. The molecular weight excluding hydrogens is 613 g/mol. The minimum Gasteiger partial charge on any atom is -0.456 e. The van der Waals surface area contributed by atoms with Crippen molar-refractivity contribution >= 4 is 44.4 Å². The predicted molar refractivity (Wildman–Crippen MR) is 203 cm³/mol. The average Bonchev–Trinajstić information content (AvgIpc) is 3.73. The highest BCUT2D eigenvalue weighted by atomic mass is 16.3. The zero-order valence-corrected chi connectivity index (χ0v) is 27.1. The number of benzene rings is 6. The highest BCUT2D eigenvalue weighted by Crippen LogP contribution is 2.39. The summed E-state index contributed by atoms with van der Waals surface area (Å²) in [6, 6.07) is 52.6. The molecule has 0 saturated heterocycles. The quantitative estimate of drug-likeness (QED) is 0.187. The van der Waals surface area contributed by atoms with Crippen LogP contribution >= 0.6 is 0 Å². The van der Waals surface area contributed by atoms with Gasteiger partial charge in [0.25, 0.3) is 0 Å². The topological polar surface area (TPSA) is 56.7 Å². The van der Waals surface area contributed by atoms with E-state index in [-0.39, 0.29) is 0 Å². The van der Waals surface area contributed by atoms with Gasteiger partial charge in [0.2, 0.25) is 0 Å². The van der Waals surface area contributed by atoms with E-state index in [1.807, 2.05) is 60.7 Å². The van der Waals surface area contributed by atoms with Crippen LogP contribution in [0.15, 0.2) is 156 Å². The van der Waals surface area contributed by atoms with Crippen LogP contribution in [0.3, 0.4) is 0 Å². The van der Waals surface area contributed by atoms with E-state index < -0.39 is 0 Å². The number of fused-ring (bicyclic) bond motifs is 6. The van der Waals surface area contributed by atoms with Gasteiger partial charge in [0.05, 0.1) is 11.0 Å². The van der Waals surface area contributed by atoms with Crippen molar-refractivity contribution in [2.45, 2.75) is 12.8 Å². The molecule has 0 fully saturated rings. The van der Waals surface area contributed by atoms with Crippen molar-refractivity contribution in [3.05, 3.63) is 169 Å². The molecule has 0 atom stereocenters. The number of para-hydroxylation sites is 2. The first kappa shape index (κ1) is 28.4. The monoisotopic (exact) mass is 642 g/mol. The third-order valence-electron chi connectivity index (χ3n) is 9.81. The Labute approximate surface area is 288 Å². The molecule has 0 saturated carbocycles. The summed E-state index contributed by atoms with van der Waals surface area (Å²) in [7, 11) is 0. The Balaban J connectivity index is 1.00. The van der Waals surface area contributed by atoms with Gasteiger partial charge in [-0.05, 0) is 60.4 Å². The van der Waals surface area contributed by atoms with Crippen LogP contribution in [-0.2, 0) is 6.42 Å². The zero-order valence-electron chi connectivity index (χ0n) is 27.1. The maximum atomic E-state index is 6.48. The van der Waals surface area contributed by atoms with Crippen molar-refractivity contribution in [3.8, 4) is 39.9 Å². The van der Waals surface area contributed by atoms with Gasteiger partial charge in [-0.15, -0.1) is 0 Å². The van der Waals surface area contributed by atoms with Crippen molar-refractivity contribution in [2.75, 3.05) is 0 Å². The molecule has 50 heavy (non-hydrogen) atoms. The first-order valence-corrected chi connectivity index (χ1v) is 17.0. The second kappa shape index (κ2) is 11.5. The van der Waals surface area contributed by atoms with Crippen LogP contribution in [0.5, 0.6) is 0 Å². The van der Waals surface area contributed by atoms with Crippen LogP contribution in [0.1, 0.15) is 23.3 Å². The van der Waals surface area contributed by atoms with Crippen LogP contribution in [0.25, 0.3) is 84.3 Å². The van der Waals surface area contributed by atoms with Gasteiger partial charge in [-0.3, -0.25) is 0 Å². The van der Waals surface area contributed by atoms with Crippen LogP contribution in [0.4, 0.5) is 0 Å². The second-order valence-electron chi connectivity index (χ2n) is 12.8. The summed E-state index contributed by atoms with van der Waals surface area (Å²) in [5.74, 6) is 2.92. The maximum Gasteiger partial charge on any atom is 0.164 e. The third kappa shape index (κ3) is 4.74. The molecule has 236 valence electrons. The summed E-state index contributed by atoms with van der Waals surface area (Å²) in [4.78, 5) is 14.6. The molecule has 0 radical (unpaired) electrons. The highest BCUT2D eigenvalue weighted by Gasteiger charge is 2.21. The van der Waals surface area contributed by atoms with E-state index in [1.54, 1.807) is 0 Å².